The first-order valence-corrected chi connectivity index (χ1v) is 35.6. The van der Waals surface area contributed by atoms with Crippen LogP contribution >= 0.6 is 0 Å². The van der Waals surface area contributed by atoms with Gasteiger partial charge in [-0.05, 0) is 39.0 Å². The van der Waals surface area contributed by atoms with Gasteiger partial charge in [0.05, 0.1) is 97.5 Å². The average Bonchev–Trinajstić information content (AvgIpc) is 1.66. The van der Waals surface area contributed by atoms with E-state index in [9.17, 15) is 94.2 Å². The summed E-state index contributed by atoms with van der Waals surface area (Å²) < 4.78 is 56.1. The summed E-state index contributed by atoms with van der Waals surface area (Å²) in [5.41, 5.74) is 0. The molecule has 0 aromatic heterocycles. The van der Waals surface area contributed by atoms with Gasteiger partial charge in [0.15, 0.2) is 18.9 Å². The van der Waals surface area contributed by atoms with Gasteiger partial charge < -0.3 is 146 Å². The number of hydrogen-bond acceptors (Lipinski definition) is 29. The SMILES string of the molecule is CCO[C@H]1C[C@H](O)C[C@@H]1NC(=O)CCCCCCCCCCC(=O)NC(CCC(=O)NC(CCC(=O)NCCOCCOC1OC(CO)C(O)C(O)C1NC(C)=O)C(=O)NCCOCCOC1OC(CO)C(O)C(O)C1NC(C)=O)C(=O)NCCOCCOC1OC(CO)C(O)C(O)C1NC(C)=O. The molecule has 4 fully saturated rings. The molecule has 3 heterocycles. The van der Waals surface area contributed by atoms with Crippen LogP contribution in [0.2, 0.25) is 0 Å². The van der Waals surface area contributed by atoms with Crippen molar-refractivity contribution in [1.29, 1.82) is 0 Å². The average molecular weight is 1490 g/mol. The second-order valence-corrected chi connectivity index (χ2v) is 25.6. The number of aliphatic hydroxyl groups excluding tert-OH is 10. The zero-order valence-corrected chi connectivity index (χ0v) is 59.4. The molecule has 9 amide bonds. The third kappa shape index (κ3) is 33.4. The standard InChI is InChI=1S/C65H115N9O29/c1-5-97-44-33-40(81)32-43(44)74-50(84)15-13-11-9-7-6-8-10-12-14-49(83)72-42(62(93)68-22-25-96-28-31-100-65-54(71-39(4)80)60(91)57(88)47(36-77)103-65)17-19-51(85)73-41(61(92)67-21-24-95-27-30-99-64-53(70-38(3)79)59(90)56(87)46(35-76)102-64)16-18-48(82)66-20-23-94-26-29-98-63-52(69-37(2)78)58(89)55(86)45(34-75)101-63/h40-47,52-60,63-65,75-77,81,86-91H,5-36H2,1-4H3,(H,66,82)(H,67,92)(H,68,93)(H,69,78)(H,70,79)(H,71,80)(H,72,83)(H,73,85)(H,74,84)/t40-,41?,42?,43+,44+,45?,46?,47?,52?,53?,54?,55?,56?,57?,58?,59?,60?,63?,64?,65?/m1/s1. The molecule has 1 saturated carbocycles. The van der Waals surface area contributed by atoms with Crippen molar-refractivity contribution < 1.29 is 142 Å². The number of unbranched alkanes of at least 4 members (excludes halogenated alkanes) is 7. The molecule has 0 spiro atoms. The number of carbonyl (C=O) groups excluding carboxylic acids is 9. The van der Waals surface area contributed by atoms with Crippen LogP contribution in [0.3, 0.4) is 0 Å². The Kier molecular flexibility index (Phi) is 43.7. The maximum Gasteiger partial charge on any atom is 0.242 e. The Morgan fingerprint density at radius 1 is 0.398 bits per heavy atom. The van der Waals surface area contributed by atoms with Gasteiger partial charge in [0.2, 0.25) is 53.2 Å². The second kappa shape index (κ2) is 50.1. The van der Waals surface area contributed by atoms with E-state index in [4.69, 9.17) is 47.4 Å². The molecule has 17 unspecified atom stereocenters. The Morgan fingerprint density at radius 2 is 0.748 bits per heavy atom. The molecular weight excluding hydrogens is 1370 g/mol. The van der Waals surface area contributed by atoms with Crippen molar-refractivity contribution in [1.82, 2.24) is 47.9 Å². The highest BCUT2D eigenvalue weighted by atomic mass is 16.7. The molecule has 20 atom stereocenters. The summed E-state index contributed by atoms with van der Waals surface area (Å²) in [5, 5.41) is 125. The van der Waals surface area contributed by atoms with Crippen LogP contribution in [0.4, 0.5) is 0 Å². The number of amides is 9. The summed E-state index contributed by atoms with van der Waals surface area (Å²) in [6, 6.07) is -6.36. The lowest BCUT2D eigenvalue weighted by Crippen LogP contribution is -2.64. The van der Waals surface area contributed by atoms with Crippen molar-refractivity contribution in [3.63, 3.8) is 0 Å². The minimum absolute atomic E-state index is 0.0203. The van der Waals surface area contributed by atoms with Crippen molar-refractivity contribution in [3.05, 3.63) is 0 Å². The topological polar surface area (TPSA) is 556 Å². The molecule has 38 nitrogen and oxygen atoms in total. The van der Waals surface area contributed by atoms with Gasteiger partial charge in [0.1, 0.15) is 85.1 Å². The Morgan fingerprint density at radius 3 is 1.12 bits per heavy atom. The smallest absolute Gasteiger partial charge is 0.242 e. The molecule has 103 heavy (non-hydrogen) atoms. The number of ether oxygens (including phenoxy) is 10. The molecule has 1 aliphatic carbocycles. The summed E-state index contributed by atoms with van der Waals surface area (Å²) in [6.45, 7) is 2.82. The first-order chi connectivity index (χ1) is 49.3. The van der Waals surface area contributed by atoms with E-state index in [0.29, 0.717) is 45.1 Å². The summed E-state index contributed by atoms with van der Waals surface area (Å²) in [7, 11) is 0. The summed E-state index contributed by atoms with van der Waals surface area (Å²) in [5.74, 6) is -4.86. The van der Waals surface area contributed by atoms with E-state index in [-0.39, 0.29) is 123 Å². The number of hydrogen-bond donors (Lipinski definition) is 19. The minimum Gasteiger partial charge on any atom is -0.394 e. The fraction of sp³-hybridized carbons (Fsp3) is 0.862. The van der Waals surface area contributed by atoms with Crippen LogP contribution in [0, 0.1) is 0 Å². The minimum atomic E-state index is -1.54. The summed E-state index contributed by atoms with van der Waals surface area (Å²) in [6.07, 6.45) is -10.8. The van der Waals surface area contributed by atoms with Gasteiger partial charge in [-0.3, -0.25) is 43.2 Å². The Labute approximate surface area is 599 Å². The van der Waals surface area contributed by atoms with Crippen molar-refractivity contribution in [3.8, 4) is 0 Å². The molecule has 4 aliphatic rings. The third-order valence-electron chi connectivity index (χ3n) is 17.3. The number of nitrogens with one attached hydrogen (secondary N) is 9. The number of rotatable bonds is 51. The fourth-order valence-corrected chi connectivity index (χ4v) is 12.0. The highest BCUT2D eigenvalue weighted by Gasteiger charge is 2.48. The first kappa shape index (κ1) is 89.8. The maximum absolute atomic E-state index is 13.8. The van der Waals surface area contributed by atoms with Gasteiger partial charge in [-0.25, -0.2) is 0 Å². The number of carbonyl (C=O) groups is 9. The van der Waals surface area contributed by atoms with Crippen LogP contribution < -0.4 is 47.9 Å². The molecule has 38 heteroatoms. The van der Waals surface area contributed by atoms with E-state index in [2.05, 4.69) is 47.9 Å². The van der Waals surface area contributed by atoms with E-state index in [0.717, 1.165) is 32.1 Å². The summed E-state index contributed by atoms with van der Waals surface area (Å²) >= 11 is 0. The molecule has 0 radical (unpaired) electrons. The maximum atomic E-state index is 13.8. The highest BCUT2D eigenvalue weighted by molar-refractivity contribution is 5.90. The lowest BCUT2D eigenvalue weighted by atomic mass is 9.97. The van der Waals surface area contributed by atoms with Crippen molar-refractivity contribution >= 4 is 53.2 Å². The molecule has 4 rings (SSSR count). The van der Waals surface area contributed by atoms with Gasteiger partial charge in [0, 0.05) is 79.1 Å². The molecule has 594 valence electrons. The van der Waals surface area contributed by atoms with Gasteiger partial charge in [0.25, 0.3) is 0 Å². The normalized spacial score (nSPS) is 28.3. The fourth-order valence-electron chi connectivity index (χ4n) is 12.0. The van der Waals surface area contributed by atoms with Gasteiger partial charge in [-0.2, -0.15) is 0 Å². The first-order valence-electron chi connectivity index (χ1n) is 35.6. The highest BCUT2D eigenvalue weighted by Crippen LogP contribution is 2.26. The quantitative estimate of drug-likeness (QED) is 0.0252. The van der Waals surface area contributed by atoms with Gasteiger partial charge >= 0.3 is 0 Å². The van der Waals surface area contributed by atoms with E-state index in [1.165, 1.54) is 20.8 Å². The lowest BCUT2D eigenvalue weighted by molar-refractivity contribution is -0.272. The molecule has 0 bridgehead atoms. The van der Waals surface area contributed by atoms with E-state index in [1.807, 2.05) is 6.92 Å². The summed E-state index contributed by atoms with van der Waals surface area (Å²) in [4.78, 5) is 116. The van der Waals surface area contributed by atoms with Crippen LogP contribution in [-0.4, -0.2) is 332 Å². The predicted molar refractivity (Wildman–Crippen MR) is 357 cm³/mol. The molecule has 19 N–H and O–H groups in total. The van der Waals surface area contributed by atoms with Crippen molar-refractivity contribution in [2.24, 2.45) is 0 Å². The lowest BCUT2D eigenvalue weighted by Gasteiger charge is -2.42. The molecule has 3 saturated heterocycles. The largest absolute Gasteiger partial charge is 0.394 e. The van der Waals surface area contributed by atoms with Crippen LogP contribution in [-0.2, 0) is 90.5 Å². The third-order valence-corrected chi connectivity index (χ3v) is 17.3. The van der Waals surface area contributed by atoms with Crippen LogP contribution in [0.15, 0.2) is 0 Å². The van der Waals surface area contributed by atoms with E-state index in [1.54, 1.807) is 0 Å². The molecule has 0 aromatic rings. The van der Waals surface area contributed by atoms with Gasteiger partial charge in [-0.1, -0.05) is 38.5 Å². The van der Waals surface area contributed by atoms with Gasteiger partial charge in [-0.15, -0.1) is 0 Å². The second-order valence-electron chi connectivity index (χ2n) is 25.6. The number of aliphatic hydroxyl groups is 10. The van der Waals surface area contributed by atoms with E-state index < -0.39 is 184 Å². The molecular formula is C65H115N9O29. The van der Waals surface area contributed by atoms with Crippen molar-refractivity contribution in [2.75, 3.05) is 106 Å². The molecule has 0 aromatic carbocycles. The van der Waals surface area contributed by atoms with Crippen LogP contribution in [0.25, 0.3) is 0 Å². The van der Waals surface area contributed by atoms with Crippen LogP contribution in [0.1, 0.15) is 130 Å². The van der Waals surface area contributed by atoms with Crippen molar-refractivity contribution in [2.45, 2.75) is 253 Å². The zero-order chi connectivity index (χ0) is 75.8. The Bertz CT molecular complexity index is 2520. The Balaban J connectivity index is 1.33. The Hall–Kier alpha value is -5.57. The monoisotopic (exact) mass is 1490 g/mol. The zero-order valence-electron chi connectivity index (χ0n) is 59.4. The van der Waals surface area contributed by atoms with E-state index >= 15 is 0 Å². The van der Waals surface area contributed by atoms with Crippen LogP contribution in [0.5, 0.6) is 0 Å². The predicted octanol–water partition coefficient (Wildman–Crippen LogP) is -7.26. The molecule has 3 aliphatic heterocycles.